The summed E-state index contributed by atoms with van der Waals surface area (Å²) in [5, 5.41) is 11.8. The zero-order valence-electron chi connectivity index (χ0n) is 24.8. The number of benzene rings is 3. The molecule has 46 heavy (non-hydrogen) atoms. The molecule has 1 saturated heterocycles. The highest BCUT2D eigenvalue weighted by Crippen LogP contribution is 2.33. The minimum absolute atomic E-state index is 0.0295. The van der Waals surface area contributed by atoms with E-state index in [-0.39, 0.29) is 50.1 Å². The van der Waals surface area contributed by atoms with E-state index in [1.165, 1.54) is 19.2 Å². The molecule has 4 aromatic rings. The number of nitrogens with zero attached hydrogens (tertiary/aromatic N) is 2. The summed E-state index contributed by atoms with van der Waals surface area (Å²) in [6.07, 6.45) is -0.463. The van der Waals surface area contributed by atoms with E-state index < -0.39 is 35.5 Å². The number of hydrogen-bond donors (Lipinski definition) is 4. The van der Waals surface area contributed by atoms with Crippen molar-refractivity contribution in [3.8, 4) is 28.4 Å². The van der Waals surface area contributed by atoms with Crippen molar-refractivity contribution in [1.29, 1.82) is 0 Å². The summed E-state index contributed by atoms with van der Waals surface area (Å²) in [4.78, 5) is 55.0. The Labute approximate surface area is 262 Å². The minimum Gasteiger partial charge on any atom is -0.496 e. The Kier molecular flexibility index (Phi) is 8.68. The highest BCUT2D eigenvalue weighted by atomic mass is 19.1. The molecule has 4 N–H and O–H groups in total. The third-order valence-corrected chi connectivity index (χ3v) is 7.77. The third kappa shape index (κ3) is 7.01. The van der Waals surface area contributed by atoms with Crippen molar-refractivity contribution in [3.05, 3.63) is 93.9 Å². The summed E-state index contributed by atoms with van der Waals surface area (Å²) in [5.41, 5.74) is 1.58. The molecule has 14 heteroatoms. The number of ether oxygens (including phenoxy) is 3. The molecule has 6 bridgehead atoms. The van der Waals surface area contributed by atoms with Crippen LogP contribution in [0.4, 0.5) is 4.39 Å². The van der Waals surface area contributed by atoms with Crippen molar-refractivity contribution < 1.29 is 33.0 Å². The van der Waals surface area contributed by atoms with Crippen LogP contribution in [0.25, 0.3) is 11.1 Å². The topological polar surface area (TPSA) is 168 Å². The molecular formula is C32H31FN6O7. The van der Waals surface area contributed by atoms with E-state index in [0.717, 1.165) is 0 Å². The highest BCUT2D eigenvalue weighted by Gasteiger charge is 2.35. The van der Waals surface area contributed by atoms with E-state index in [2.05, 4.69) is 25.8 Å². The standard InChI is InChI=1S/C32H31FN6O7/c1-44-26-6-5-20-12-24(26)19-3-2-4-22(11-19)45-17-29(40)34-15-18-9-21(33)13-23(10-18)46-27-7-8-39(16-25(27)35-31(20)42)30(41)14-28-36-32(43)38-37-28/h2-6,9-13,25,27H,7-8,14-17H2,1H3,(H,34,40)(H,35,42)(H2,36,37,38,43)/t25-,27-/m1/s1. The normalized spacial score (nSPS) is 18.3. The lowest BCUT2D eigenvalue weighted by Crippen LogP contribution is -2.58. The molecule has 6 rings (SSSR count). The second-order valence-corrected chi connectivity index (χ2v) is 11.0. The fourth-order valence-electron chi connectivity index (χ4n) is 5.53. The first-order valence-corrected chi connectivity index (χ1v) is 14.6. The lowest BCUT2D eigenvalue weighted by Gasteiger charge is -2.39. The first-order valence-electron chi connectivity index (χ1n) is 14.6. The predicted octanol–water partition coefficient (Wildman–Crippen LogP) is 1.94. The third-order valence-electron chi connectivity index (χ3n) is 7.77. The zero-order chi connectivity index (χ0) is 32.2. The number of piperidine rings is 1. The van der Waals surface area contributed by atoms with Crippen LogP contribution in [0.5, 0.6) is 17.2 Å². The van der Waals surface area contributed by atoms with Gasteiger partial charge < -0.3 is 29.7 Å². The van der Waals surface area contributed by atoms with Gasteiger partial charge in [-0.15, -0.1) is 0 Å². The van der Waals surface area contributed by atoms with E-state index >= 15 is 0 Å². The Bertz CT molecular complexity index is 1840. The van der Waals surface area contributed by atoms with Crippen LogP contribution in [-0.4, -0.2) is 76.8 Å². The van der Waals surface area contributed by atoms with E-state index in [0.29, 0.717) is 40.2 Å². The lowest BCUT2D eigenvalue weighted by atomic mass is 9.99. The number of fused-ring (bicyclic) bond motifs is 8. The molecule has 0 spiro atoms. The van der Waals surface area contributed by atoms with Crippen molar-refractivity contribution in [2.75, 3.05) is 26.8 Å². The Morgan fingerprint density at radius 3 is 2.74 bits per heavy atom. The molecule has 2 aliphatic rings. The second-order valence-electron chi connectivity index (χ2n) is 11.0. The Balaban J connectivity index is 1.34. The molecule has 1 aromatic heterocycles. The number of hydrogen-bond acceptors (Lipinski definition) is 8. The maximum Gasteiger partial charge on any atom is 0.340 e. The fraction of sp³-hybridized carbons (Fsp3) is 0.281. The number of methoxy groups -OCH3 is 1. The first-order chi connectivity index (χ1) is 22.2. The predicted molar refractivity (Wildman–Crippen MR) is 162 cm³/mol. The fourth-order valence-corrected chi connectivity index (χ4v) is 5.53. The summed E-state index contributed by atoms with van der Waals surface area (Å²) in [6, 6.07) is 15.5. The van der Waals surface area contributed by atoms with Gasteiger partial charge in [0, 0.05) is 43.2 Å². The smallest absolute Gasteiger partial charge is 0.340 e. The largest absolute Gasteiger partial charge is 0.496 e. The van der Waals surface area contributed by atoms with Gasteiger partial charge in [-0.25, -0.2) is 14.3 Å². The van der Waals surface area contributed by atoms with Crippen LogP contribution in [0.2, 0.25) is 0 Å². The van der Waals surface area contributed by atoms with Gasteiger partial charge in [0.1, 0.15) is 35.0 Å². The van der Waals surface area contributed by atoms with Gasteiger partial charge in [-0.05, 0) is 53.6 Å². The van der Waals surface area contributed by atoms with Crippen molar-refractivity contribution in [2.24, 2.45) is 0 Å². The molecule has 0 unspecified atom stereocenters. The van der Waals surface area contributed by atoms with Gasteiger partial charge in [-0.3, -0.25) is 19.4 Å². The van der Waals surface area contributed by atoms with Crippen LogP contribution < -0.4 is 30.5 Å². The minimum atomic E-state index is -0.695. The SMILES string of the molecule is COc1ccc2cc1-c1cccc(c1)OCC(=O)NCc1cc(F)cc(c1)O[C@@H]1CCN(C(=O)Cc3n[nH]c(=O)[nH]3)C[C@H]1NC2=O. The molecule has 1 fully saturated rings. The van der Waals surface area contributed by atoms with E-state index in [1.54, 1.807) is 47.4 Å². The second kappa shape index (κ2) is 13.1. The first kappa shape index (κ1) is 30.4. The van der Waals surface area contributed by atoms with E-state index in [4.69, 9.17) is 14.2 Å². The molecule has 3 amide bonds. The molecule has 0 aliphatic carbocycles. The number of carbonyl (C=O) groups is 3. The molecule has 13 nitrogen and oxygen atoms in total. The number of H-pyrrole nitrogens is 2. The molecule has 3 aromatic carbocycles. The van der Waals surface area contributed by atoms with Crippen LogP contribution >= 0.6 is 0 Å². The monoisotopic (exact) mass is 630 g/mol. The summed E-state index contributed by atoms with van der Waals surface area (Å²) >= 11 is 0. The summed E-state index contributed by atoms with van der Waals surface area (Å²) in [7, 11) is 1.52. The number of carbonyl (C=O) groups excluding carboxylic acids is 3. The average Bonchev–Trinajstić information content (AvgIpc) is 3.46. The quantitative estimate of drug-likeness (QED) is 0.267. The average molecular weight is 631 g/mol. The molecule has 0 saturated carbocycles. The number of rotatable bonds is 3. The van der Waals surface area contributed by atoms with Crippen LogP contribution in [0.1, 0.15) is 28.2 Å². The van der Waals surface area contributed by atoms with Gasteiger partial charge in [0.2, 0.25) is 5.91 Å². The van der Waals surface area contributed by atoms with Crippen LogP contribution in [0, 0.1) is 5.82 Å². The van der Waals surface area contributed by atoms with E-state index in [1.807, 2.05) is 6.07 Å². The molecule has 2 aliphatic heterocycles. The molecule has 0 radical (unpaired) electrons. The van der Waals surface area contributed by atoms with Gasteiger partial charge in [0.25, 0.3) is 11.8 Å². The number of likely N-dealkylation sites (tertiary alicyclic amines) is 1. The van der Waals surface area contributed by atoms with Crippen molar-refractivity contribution in [1.82, 2.24) is 30.7 Å². The lowest BCUT2D eigenvalue weighted by molar-refractivity contribution is -0.133. The van der Waals surface area contributed by atoms with Gasteiger partial charge >= 0.3 is 5.69 Å². The van der Waals surface area contributed by atoms with Gasteiger partial charge in [-0.1, -0.05) is 12.1 Å². The molecular weight excluding hydrogens is 599 g/mol. The van der Waals surface area contributed by atoms with Gasteiger partial charge in [0.15, 0.2) is 6.61 Å². The van der Waals surface area contributed by atoms with Crippen molar-refractivity contribution in [3.63, 3.8) is 0 Å². The summed E-state index contributed by atoms with van der Waals surface area (Å²) in [5.74, 6) is -0.342. The Hall–Kier alpha value is -5.66. The summed E-state index contributed by atoms with van der Waals surface area (Å²) in [6.45, 7) is 0.134. The molecule has 2 atom stereocenters. The Morgan fingerprint density at radius 2 is 1.93 bits per heavy atom. The van der Waals surface area contributed by atoms with Crippen molar-refractivity contribution in [2.45, 2.75) is 31.5 Å². The van der Waals surface area contributed by atoms with Crippen LogP contribution in [-0.2, 0) is 22.6 Å². The number of halogens is 1. The zero-order valence-corrected chi connectivity index (χ0v) is 24.8. The number of nitrogens with one attached hydrogen (secondary N) is 4. The maximum atomic E-state index is 14.7. The summed E-state index contributed by atoms with van der Waals surface area (Å²) < 4.78 is 32.2. The number of aromatic nitrogens is 3. The molecule has 3 heterocycles. The van der Waals surface area contributed by atoms with Crippen molar-refractivity contribution >= 4 is 17.7 Å². The van der Waals surface area contributed by atoms with Crippen LogP contribution in [0.3, 0.4) is 0 Å². The number of amides is 3. The van der Waals surface area contributed by atoms with Gasteiger partial charge in [-0.2, -0.15) is 5.10 Å². The van der Waals surface area contributed by atoms with Crippen LogP contribution in [0.15, 0.2) is 65.5 Å². The Morgan fingerprint density at radius 1 is 1.07 bits per heavy atom. The highest BCUT2D eigenvalue weighted by molar-refractivity contribution is 5.96. The maximum absolute atomic E-state index is 14.7. The molecule has 238 valence electrons. The van der Waals surface area contributed by atoms with Gasteiger partial charge in [0.05, 0.1) is 19.6 Å². The number of aromatic amines is 2. The van der Waals surface area contributed by atoms with E-state index in [9.17, 15) is 23.6 Å².